The number of carbonyl (C=O) groups is 2. The molecule has 0 unspecified atom stereocenters. The van der Waals surface area contributed by atoms with E-state index in [-0.39, 0.29) is 5.78 Å². The van der Waals surface area contributed by atoms with Crippen molar-refractivity contribution in [3.05, 3.63) is 35.4 Å². The fourth-order valence-corrected chi connectivity index (χ4v) is 1.31. The van der Waals surface area contributed by atoms with Gasteiger partial charge in [-0.15, -0.1) is 0 Å². The minimum atomic E-state index is 0.256. The Morgan fingerprint density at radius 2 is 1.93 bits per heavy atom. The molecule has 1 aromatic carbocycles. The lowest BCUT2D eigenvalue weighted by Gasteiger charge is -1.99. The molecule has 0 amide bonds. The SMILES string of the molecule is CCCC(=O)Cc1ccc(C=O)cc1. The van der Waals surface area contributed by atoms with Gasteiger partial charge in [0, 0.05) is 18.4 Å². The second-order valence-corrected chi connectivity index (χ2v) is 3.32. The summed E-state index contributed by atoms with van der Waals surface area (Å²) in [5, 5.41) is 0. The third kappa shape index (κ3) is 3.13. The zero-order valence-electron chi connectivity index (χ0n) is 8.32. The van der Waals surface area contributed by atoms with E-state index in [1.165, 1.54) is 0 Å². The van der Waals surface area contributed by atoms with Crippen molar-refractivity contribution in [2.24, 2.45) is 0 Å². The molecule has 0 saturated heterocycles. The highest BCUT2D eigenvalue weighted by atomic mass is 16.1. The second kappa shape index (κ2) is 5.32. The van der Waals surface area contributed by atoms with E-state index in [2.05, 4.69) is 0 Å². The Bertz CT molecular complexity index is 312. The highest BCUT2D eigenvalue weighted by Gasteiger charge is 2.01. The van der Waals surface area contributed by atoms with E-state index in [0.29, 0.717) is 18.4 Å². The van der Waals surface area contributed by atoms with Gasteiger partial charge in [0.2, 0.25) is 0 Å². The number of hydrogen-bond donors (Lipinski definition) is 0. The number of carbonyl (C=O) groups excluding carboxylic acids is 2. The minimum Gasteiger partial charge on any atom is -0.299 e. The maximum absolute atomic E-state index is 11.3. The van der Waals surface area contributed by atoms with Gasteiger partial charge in [-0.05, 0) is 12.0 Å². The van der Waals surface area contributed by atoms with Crippen LogP contribution in [-0.2, 0) is 11.2 Å². The predicted molar refractivity (Wildman–Crippen MR) is 55.4 cm³/mol. The molecule has 0 heterocycles. The van der Waals surface area contributed by atoms with Crippen molar-refractivity contribution < 1.29 is 9.59 Å². The van der Waals surface area contributed by atoms with Gasteiger partial charge in [-0.2, -0.15) is 0 Å². The molecular weight excluding hydrogens is 176 g/mol. The normalized spacial score (nSPS) is 9.79. The average molecular weight is 190 g/mol. The summed E-state index contributed by atoms with van der Waals surface area (Å²) in [6.45, 7) is 1.99. The summed E-state index contributed by atoms with van der Waals surface area (Å²) >= 11 is 0. The summed E-state index contributed by atoms with van der Waals surface area (Å²) in [4.78, 5) is 21.7. The Labute approximate surface area is 83.9 Å². The number of Topliss-reactive ketones (excluding diaryl/α,β-unsaturated/α-hetero) is 1. The third-order valence-corrected chi connectivity index (χ3v) is 2.05. The van der Waals surface area contributed by atoms with Crippen LogP contribution < -0.4 is 0 Å². The van der Waals surface area contributed by atoms with Gasteiger partial charge in [-0.3, -0.25) is 9.59 Å². The first-order valence-corrected chi connectivity index (χ1v) is 4.82. The van der Waals surface area contributed by atoms with Crippen molar-refractivity contribution in [3.63, 3.8) is 0 Å². The van der Waals surface area contributed by atoms with Crippen molar-refractivity contribution >= 4 is 12.1 Å². The lowest BCUT2D eigenvalue weighted by molar-refractivity contribution is -0.118. The molecule has 0 N–H and O–H groups in total. The molecule has 0 aliphatic rings. The maximum Gasteiger partial charge on any atom is 0.150 e. The highest BCUT2D eigenvalue weighted by molar-refractivity contribution is 5.81. The van der Waals surface area contributed by atoms with E-state index in [0.717, 1.165) is 18.3 Å². The van der Waals surface area contributed by atoms with Crippen molar-refractivity contribution in [2.75, 3.05) is 0 Å². The van der Waals surface area contributed by atoms with Gasteiger partial charge in [0.05, 0.1) is 0 Å². The van der Waals surface area contributed by atoms with E-state index in [1.54, 1.807) is 12.1 Å². The predicted octanol–water partition coefficient (Wildman–Crippen LogP) is 2.41. The lowest BCUT2D eigenvalue weighted by atomic mass is 10.0. The average Bonchev–Trinajstić information content (AvgIpc) is 2.19. The monoisotopic (exact) mass is 190 g/mol. The molecule has 2 heteroatoms. The number of benzene rings is 1. The van der Waals surface area contributed by atoms with Crippen LogP contribution in [0.4, 0.5) is 0 Å². The minimum absolute atomic E-state index is 0.256. The van der Waals surface area contributed by atoms with E-state index >= 15 is 0 Å². The van der Waals surface area contributed by atoms with E-state index in [9.17, 15) is 9.59 Å². The van der Waals surface area contributed by atoms with Crippen LogP contribution in [0.3, 0.4) is 0 Å². The van der Waals surface area contributed by atoms with Crippen LogP contribution in [0, 0.1) is 0 Å². The summed E-state index contributed by atoms with van der Waals surface area (Å²) < 4.78 is 0. The van der Waals surface area contributed by atoms with Gasteiger partial charge < -0.3 is 0 Å². The molecule has 1 rings (SSSR count). The molecule has 14 heavy (non-hydrogen) atoms. The van der Waals surface area contributed by atoms with Crippen LogP contribution >= 0.6 is 0 Å². The van der Waals surface area contributed by atoms with Gasteiger partial charge in [-0.1, -0.05) is 31.2 Å². The molecule has 0 aliphatic heterocycles. The topological polar surface area (TPSA) is 34.1 Å². The van der Waals surface area contributed by atoms with Crippen molar-refractivity contribution in [1.29, 1.82) is 0 Å². The maximum atomic E-state index is 11.3. The third-order valence-electron chi connectivity index (χ3n) is 2.05. The Kier molecular flexibility index (Phi) is 4.05. The standard InChI is InChI=1S/C12H14O2/c1-2-3-12(14)8-10-4-6-11(9-13)7-5-10/h4-7,9H,2-3,8H2,1H3. The van der Waals surface area contributed by atoms with Gasteiger partial charge in [0.15, 0.2) is 0 Å². The van der Waals surface area contributed by atoms with Crippen molar-refractivity contribution in [1.82, 2.24) is 0 Å². The van der Waals surface area contributed by atoms with Crippen LogP contribution in [0.5, 0.6) is 0 Å². The van der Waals surface area contributed by atoms with E-state index in [4.69, 9.17) is 0 Å². The van der Waals surface area contributed by atoms with Crippen LogP contribution in [0.15, 0.2) is 24.3 Å². The quantitative estimate of drug-likeness (QED) is 0.668. The molecule has 2 nitrogen and oxygen atoms in total. The largest absolute Gasteiger partial charge is 0.299 e. The number of ketones is 1. The molecule has 0 spiro atoms. The van der Waals surface area contributed by atoms with Crippen LogP contribution in [-0.4, -0.2) is 12.1 Å². The molecule has 74 valence electrons. The zero-order valence-corrected chi connectivity index (χ0v) is 8.32. The highest BCUT2D eigenvalue weighted by Crippen LogP contribution is 2.05. The van der Waals surface area contributed by atoms with E-state index < -0.39 is 0 Å². The Hall–Kier alpha value is -1.44. The van der Waals surface area contributed by atoms with Gasteiger partial charge in [0.1, 0.15) is 12.1 Å². The molecule has 1 aromatic rings. The Morgan fingerprint density at radius 1 is 1.29 bits per heavy atom. The fraction of sp³-hybridized carbons (Fsp3) is 0.333. The lowest BCUT2D eigenvalue weighted by Crippen LogP contribution is -2.01. The van der Waals surface area contributed by atoms with Crippen LogP contribution in [0.2, 0.25) is 0 Å². The number of rotatable bonds is 5. The molecular formula is C12H14O2. The second-order valence-electron chi connectivity index (χ2n) is 3.32. The molecule has 0 saturated carbocycles. The molecule has 0 aliphatic carbocycles. The first-order valence-electron chi connectivity index (χ1n) is 4.82. The Balaban J connectivity index is 2.59. The smallest absolute Gasteiger partial charge is 0.150 e. The summed E-state index contributed by atoms with van der Waals surface area (Å²) in [5.41, 5.74) is 1.63. The first kappa shape index (κ1) is 10.6. The van der Waals surface area contributed by atoms with Crippen LogP contribution in [0.25, 0.3) is 0 Å². The molecule has 0 bridgehead atoms. The van der Waals surface area contributed by atoms with Crippen LogP contribution in [0.1, 0.15) is 35.7 Å². The molecule has 0 aromatic heterocycles. The van der Waals surface area contributed by atoms with Gasteiger partial charge >= 0.3 is 0 Å². The molecule has 0 fully saturated rings. The zero-order chi connectivity index (χ0) is 10.4. The summed E-state index contributed by atoms with van der Waals surface area (Å²) in [6.07, 6.45) is 2.81. The summed E-state index contributed by atoms with van der Waals surface area (Å²) in [7, 11) is 0. The van der Waals surface area contributed by atoms with Crippen molar-refractivity contribution in [3.8, 4) is 0 Å². The number of aldehydes is 1. The number of hydrogen-bond acceptors (Lipinski definition) is 2. The van der Waals surface area contributed by atoms with Gasteiger partial charge in [-0.25, -0.2) is 0 Å². The fourth-order valence-electron chi connectivity index (χ4n) is 1.31. The molecule has 0 radical (unpaired) electrons. The Morgan fingerprint density at radius 3 is 2.43 bits per heavy atom. The van der Waals surface area contributed by atoms with Gasteiger partial charge in [0.25, 0.3) is 0 Å². The first-order chi connectivity index (χ1) is 6.76. The van der Waals surface area contributed by atoms with Crippen molar-refractivity contribution in [2.45, 2.75) is 26.2 Å². The van der Waals surface area contributed by atoms with E-state index in [1.807, 2.05) is 19.1 Å². The molecule has 0 atom stereocenters. The summed E-state index contributed by atoms with van der Waals surface area (Å²) in [5.74, 6) is 0.256. The summed E-state index contributed by atoms with van der Waals surface area (Å²) in [6, 6.07) is 7.14.